The largest absolute Gasteiger partial charge is 0.314 e. The molecule has 3 nitrogen and oxygen atoms in total. The van der Waals surface area contributed by atoms with E-state index in [1.807, 2.05) is 0 Å². The third-order valence-electron chi connectivity index (χ3n) is 3.21. The molecule has 96 valence electrons. The van der Waals surface area contributed by atoms with E-state index in [2.05, 4.69) is 28.9 Å². The Morgan fingerprint density at radius 3 is 3.00 bits per heavy atom. The summed E-state index contributed by atoms with van der Waals surface area (Å²) in [6.07, 6.45) is 6.58. The normalized spacial score (nSPS) is 17.4. The van der Waals surface area contributed by atoms with E-state index in [1.165, 1.54) is 18.5 Å². The van der Waals surface area contributed by atoms with Crippen LogP contribution in [0.3, 0.4) is 0 Å². The molecule has 0 aromatic carbocycles. The molecule has 2 rings (SSSR count). The van der Waals surface area contributed by atoms with Crippen LogP contribution in [0.1, 0.15) is 38.8 Å². The molecule has 0 saturated heterocycles. The maximum absolute atomic E-state index is 6.20. The van der Waals surface area contributed by atoms with Crippen molar-refractivity contribution in [2.75, 3.05) is 6.54 Å². The van der Waals surface area contributed by atoms with Crippen LogP contribution in [0.25, 0.3) is 0 Å². The number of halogens is 1. The fraction of sp³-hybridized carbons (Fsp3) is 0.769. The molecule has 0 aliphatic heterocycles. The number of rotatable bonds is 7. The van der Waals surface area contributed by atoms with E-state index in [0.717, 1.165) is 37.0 Å². The SMILES string of the molecule is CCCn1ncc(Cl)c1CC(C)CNC1CC1. The van der Waals surface area contributed by atoms with Gasteiger partial charge in [0.2, 0.25) is 0 Å². The van der Waals surface area contributed by atoms with Gasteiger partial charge < -0.3 is 5.32 Å². The minimum atomic E-state index is 0.611. The van der Waals surface area contributed by atoms with Crippen molar-refractivity contribution in [3.05, 3.63) is 16.9 Å². The summed E-state index contributed by atoms with van der Waals surface area (Å²) >= 11 is 6.20. The van der Waals surface area contributed by atoms with Gasteiger partial charge in [-0.05, 0) is 38.1 Å². The van der Waals surface area contributed by atoms with Crippen LogP contribution in [0.5, 0.6) is 0 Å². The Bertz CT molecular complexity index is 358. The Hall–Kier alpha value is -0.540. The highest BCUT2D eigenvalue weighted by atomic mass is 35.5. The topological polar surface area (TPSA) is 29.9 Å². The number of hydrogen-bond donors (Lipinski definition) is 1. The standard InChI is InChI=1S/C13H22ClN3/c1-3-6-17-13(12(14)9-16-17)7-10(2)8-15-11-4-5-11/h9-11,15H,3-8H2,1-2H3. The Kier molecular flexibility index (Phi) is 4.46. The van der Waals surface area contributed by atoms with Crippen molar-refractivity contribution in [3.8, 4) is 0 Å². The first-order chi connectivity index (χ1) is 8.20. The van der Waals surface area contributed by atoms with Crippen molar-refractivity contribution >= 4 is 11.6 Å². The highest BCUT2D eigenvalue weighted by Crippen LogP contribution is 2.21. The number of hydrogen-bond acceptors (Lipinski definition) is 2. The zero-order valence-corrected chi connectivity index (χ0v) is 11.5. The van der Waals surface area contributed by atoms with Crippen molar-refractivity contribution in [2.45, 2.75) is 52.1 Å². The van der Waals surface area contributed by atoms with Gasteiger partial charge in [0.1, 0.15) is 0 Å². The molecule has 0 radical (unpaired) electrons. The number of nitrogens with one attached hydrogen (secondary N) is 1. The van der Waals surface area contributed by atoms with Crippen molar-refractivity contribution in [3.63, 3.8) is 0 Å². The fourth-order valence-electron chi connectivity index (χ4n) is 2.05. The molecule has 17 heavy (non-hydrogen) atoms. The quantitative estimate of drug-likeness (QED) is 0.812. The Balaban J connectivity index is 1.88. The molecule has 1 aromatic heterocycles. The zero-order chi connectivity index (χ0) is 12.3. The van der Waals surface area contributed by atoms with Crippen LogP contribution in [0.4, 0.5) is 0 Å². The molecule has 1 atom stereocenters. The third kappa shape index (κ3) is 3.71. The first kappa shape index (κ1) is 12.9. The lowest BCUT2D eigenvalue weighted by molar-refractivity contribution is 0.479. The van der Waals surface area contributed by atoms with Gasteiger partial charge in [-0.2, -0.15) is 5.10 Å². The molecule has 1 aliphatic rings. The molecule has 1 aliphatic carbocycles. The van der Waals surface area contributed by atoms with Crippen molar-refractivity contribution in [1.82, 2.24) is 15.1 Å². The van der Waals surface area contributed by atoms with Gasteiger partial charge in [0.25, 0.3) is 0 Å². The highest BCUT2D eigenvalue weighted by Gasteiger charge is 2.21. The first-order valence-electron chi connectivity index (χ1n) is 6.64. The molecular formula is C13H22ClN3. The lowest BCUT2D eigenvalue weighted by Crippen LogP contribution is -2.25. The smallest absolute Gasteiger partial charge is 0.0817 e. The molecule has 1 aromatic rings. The van der Waals surface area contributed by atoms with Crippen LogP contribution >= 0.6 is 11.6 Å². The molecule has 0 spiro atoms. The van der Waals surface area contributed by atoms with E-state index < -0.39 is 0 Å². The summed E-state index contributed by atoms with van der Waals surface area (Å²) in [5.74, 6) is 0.611. The average Bonchev–Trinajstić information content (AvgIpc) is 3.07. The Morgan fingerprint density at radius 1 is 1.59 bits per heavy atom. The maximum atomic E-state index is 6.20. The fourth-order valence-corrected chi connectivity index (χ4v) is 2.27. The first-order valence-corrected chi connectivity index (χ1v) is 7.02. The predicted octanol–water partition coefficient (Wildman–Crippen LogP) is 2.88. The van der Waals surface area contributed by atoms with Gasteiger partial charge in [0.15, 0.2) is 0 Å². The molecule has 1 unspecified atom stereocenters. The van der Waals surface area contributed by atoms with Gasteiger partial charge in [0, 0.05) is 12.6 Å². The van der Waals surface area contributed by atoms with Crippen molar-refractivity contribution < 1.29 is 0 Å². The van der Waals surface area contributed by atoms with Gasteiger partial charge >= 0.3 is 0 Å². The van der Waals surface area contributed by atoms with Gasteiger partial charge in [-0.15, -0.1) is 0 Å². The van der Waals surface area contributed by atoms with Crippen LogP contribution in [0, 0.1) is 5.92 Å². The summed E-state index contributed by atoms with van der Waals surface area (Å²) < 4.78 is 2.05. The van der Waals surface area contributed by atoms with Crippen LogP contribution in [-0.4, -0.2) is 22.4 Å². The minimum Gasteiger partial charge on any atom is -0.314 e. The summed E-state index contributed by atoms with van der Waals surface area (Å²) in [4.78, 5) is 0. The Labute approximate surface area is 109 Å². The molecule has 0 amide bonds. The summed E-state index contributed by atoms with van der Waals surface area (Å²) in [6, 6.07) is 0.786. The Morgan fingerprint density at radius 2 is 2.35 bits per heavy atom. The number of aryl methyl sites for hydroxylation is 1. The van der Waals surface area contributed by atoms with Crippen molar-refractivity contribution in [1.29, 1.82) is 0 Å². The van der Waals surface area contributed by atoms with Crippen LogP contribution in [-0.2, 0) is 13.0 Å². The zero-order valence-electron chi connectivity index (χ0n) is 10.7. The maximum Gasteiger partial charge on any atom is 0.0817 e. The number of nitrogens with zero attached hydrogens (tertiary/aromatic N) is 2. The lowest BCUT2D eigenvalue weighted by atomic mass is 10.1. The molecule has 1 saturated carbocycles. The second kappa shape index (κ2) is 5.87. The van der Waals surface area contributed by atoms with Gasteiger partial charge in [0.05, 0.1) is 16.9 Å². The van der Waals surface area contributed by atoms with E-state index >= 15 is 0 Å². The van der Waals surface area contributed by atoms with E-state index in [-0.39, 0.29) is 0 Å². The molecule has 1 N–H and O–H groups in total. The van der Waals surface area contributed by atoms with Crippen molar-refractivity contribution in [2.24, 2.45) is 5.92 Å². The highest BCUT2D eigenvalue weighted by molar-refractivity contribution is 6.31. The third-order valence-corrected chi connectivity index (χ3v) is 3.52. The van der Waals surface area contributed by atoms with E-state index in [4.69, 9.17) is 11.6 Å². The van der Waals surface area contributed by atoms with E-state index in [9.17, 15) is 0 Å². The van der Waals surface area contributed by atoms with E-state index in [1.54, 1.807) is 6.20 Å². The molecule has 0 bridgehead atoms. The van der Waals surface area contributed by atoms with Gasteiger partial charge in [-0.25, -0.2) is 0 Å². The molecule has 4 heteroatoms. The lowest BCUT2D eigenvalue weighted by Gasteiger charge is -2.14. The van der Waals surface area contributed by atoms with Gasteiger partial charge in [-0.3, -0.25) is 4.68 Å². The average molecular weight is 256 g/mol. The molecular weight excluding hydrogens is 234 g/mol. The minimum absolute atomic E-state index is 0.611. The second-order valence-electron chi connectivity index (χ2n) is 5.15. The summed E-state index contributed by atoms with van der Waals surface area (Å²) in [7, 11) is 0. The molecule has 1 fully saturated rings. The molecule has 1 heterocycles. The monoisotopic (exact) mass is 255 g/mol. The van der Waals surface area contributed by atoms with Crippen LogP contribution in [0.2, 0.25) is 5.02 Å². The summed E-state index contributed by atoms with van der Waals surface area (Å²) in [6.45, 7) is 6.48. The summed E-state index contributed by atoms with van der Waals surface area (Å²) in [5.41, 5.74) is 1.19. The summed E-state index contributed by atoms with van der Waals surface area (Å²) in [5, 5.41) is 8.71. The van der Waals surface area contributed by atoms with E-state index in [0.29, 0.717) is 5.92 Å². The van der Waals surface area contributed by atoms with Crippen LogP contribution in [0.15, 0.2) is 6.20 Å². The second-order valence-corrected chi connectivity index (χ2v) is 5.56. The predicted molar refractivity (Wildman–Crippen MR) is 71.4 cm³/mol. The number of aromatic nitrogens is 2. The van der Waals surface area contributed by atoms with Crippen LogP contribution < -0.4 is 5.32 Å². The van der Waals surface area contributed by atoms with Gasteiger partial charge in [-0.1, -0.05) is 25.4 Å².